The maximum atomic E-state index is 11.0. The van der Waals surface area contributed by atoms with Crippen LogP contribution in [-0.2, 0) is 6.54 Å². The highest BCUT2D eigenvalue weighted by Crippen LogP contribution is 2.29. The SMILES string of the molecule is COc1ccc(-c2nc(CN)c(C(=O)O)s2)cc1. The second-order valence-corrected chi connectivity index (χ2v) is 4.53. The van der Waals surface area contributed by atoms with Crippen LogP contribution in [0, 0.1) is 0 Å². The smallest absolute Gasteiger partial charge is 0.347 e. The monoisotopic (exact) mass is 264 g/mol. The van der Waals surface area contributed by atoms with E-state index in [0.717, 1.165) is 22.6 Å². The third kappa shape index (κ3) is 2.34. The number of ether oxygens (including phenoxy) is 1. The number of hydrogen-bond acceptors (Lipinski definition) is 5. The first-order chi connectivity index (χ1) is 8.65. The summed E-state index contributed by atoms with van der Waals surface area (Å²) in [6.07, 6.45) is 0. The molecule has 0 bridgehead atoms. The van der Waals surface area contributed by atoms with Crippen molar-refractivity contribution in [2.45, 2.75) is 6.54 Å². The Balaban J connectivity index is 2.40. The van der Waals surface area contributed by atoms with Gasteiger partial charge in [-0.15, -0.1) is 11.3 Å². The van der Waals surface area contributed by atoms with Gasteiger partial charge in [-0.2, -0.15) is 0 Å². The van der Waals surface area contributed by atoms with Crippen LogP contribution in [0.2, 0.25) is 0 Å². The zero-order chi connectivity index (χ0) is 13.1. The number of carbonyl (C=O) groups is 1. The standard InChI is InChI=1S/C12H12N2O3S/c1-17-8-4-2-7(3-5-8)11-14-9(6-13)10(18-11)12(15)16/h2-5H,6,13H2,1H3,(H,15,16). The summed E-state index contributed by atoms with van der Waals surface area (Å²) in [5.74, 6) is -0.250. The topological polar surface area (TPSA) is 85.4 Å². The lowest BCUT2D eigenvalue weighted by Gasteiger charge is -1.99. The number of thiazole rings is 1. The summed E-state index contributed by atoms with van der Waals surface area (Å²) in [6.45, 7) is 0.119. The average Bonchev–Trinajstić information content (AvgIpc) is 2.83. The fourth-order valence-electron chi connectivity index (χ4n) is 1.51. The van der Waals surface area contributed by atoms with E-state index in [1.807, 2.05) is 12.1 Å². The van der Waals surface area contributed by atoms with E-state index in [-0.39, 0.29) is 11.4 Å². The van der Waals surface area contributed by atoms with Crippen LogP contribution in [0.5, 0.6) is 5.75 Å². The molecule has 5 nitrogen and oxygen atoms in total. The Labute approximate surface area is 108 Å². The van der Waals surface area contributed by atoms with Crippen LogP contribution >= 0.6 is 11.3 Å². The first-order valence-corrected chi connectivity index (χ1v) is 6.05. The molecule has 3 N–H and O–H groups in total. The largest absolute Gasteiger partial charge is 0.497 e. The number of benzene rings is 1. The second-order valence-electron chi connectivity index (χ2n) is 3.53. The quantitative estimate of drug-likeness (QED) is 0.881. The van der Waals surface area contributed by atoms with Gasteiger partial charge in [0.25, 0.3) is 0 Å². The predicted molar refractivity (Wildman–Crippen MR) is 69.0 cm³/mol. The van der Waals surface area contributed by atoms with E-state index in [9.17, 15) is 4.79 Å². The van der Waals surface area contributed by atoms with Crippen molar-refractivity contribution in [2.24, 2.45) is 5.73 Å². The van der Waals surface area contributed by atoms with E-state index in [1.54, 1.807) is 19.2 Å². The molecule has 1 aromatic heterocycles. The van der Waals surface area contributed by atoms with Crippen molar-refractivity contribution in [3.63, 3.8) is 0 Å². The molecule has 1 aromatic carbocycles. The van der Waals surface area contributed by atoms with Gasteiger partial charge in [0.05, 0.1) is 12.8 Å². The molecule has 94 valence electrons. The lowest BCUT2D eigenvalue weighted by molar-refractivity contribution is 0.0700. The van der Waals surface area contributed by atoms with E-state index < -0.39 is 5.97 Å². The van der Waals surface area contributed by atoms with Gasteiger partial charge in [0.1, 0.15) is 15.6 Å². The predicted octanol–water partition coefficient (Wildman–Crippen LogP) is 1.98. The number of methoxy groups -OCH3 is 1. The highest BCUT2D eigenvalue weighted by atomic mass is 32.1. The molecule has 6 heteroatoms. The molecular weight excluding hydrogens is 252 g/mol. The Hall–Kier alpha value is -1.92. The van der Waals surface area contributed by atoms with Gasteiger partial charge in [-0.25, -0.2) is 9.78 Å². The molecular formula is C12H12N2O3S. The normalized spacial score (nSPS) is 10.3. The molecule has 0 fully saturated rings. The van der Waals surface area contributed by atoms with Gasteiger partial charge in [-0.1, -0.05) is 0 Å². The summed E-state index contributed by atoms with van der Waals surface area (Å²) in [6, 6.07) is 7.28. The molecule has 0 atom stereocenters. The minimum absolute atomic E-state index is 0.119. The third-order valence-corrected chi connectivity index (χ3v) is 3.56. The van der Waals surface area contributed by atoms with E-state index in [2.05, 4.69) is 4.98 Å². The van der Waals surface area contributed by atoms with Crippen molar-refractivity contribution >= 4 is 17.3 Å². The van der Waals surface area contributed by atoms with E-state index in [4.69, 9.17) is 15.6 Å². The molecule has 0 unspecified atom stereocenters. The van der Waals surface area contributed by atoms with Crippen LogP contribution in [0.15, 0.2) is 24.3 Å². The van der Waals surface area contributed by atoms with Crippen molar-refractivity contribution in [1.82, 2.24) is 4.98 Å². The molecule has 18 heavy (non-hydrogen) atoms. The minimum Gasteiger partial charge on any atom is -0.497 e. The summed E-state index contributed by atoms with van der Waals surface area (Å²) in [5, 5.41) is 9.68. The Morgan fingerprint density at radius 2 is 2.11 bits per heavy atom. The Morgan fingerprint density at radius 1 is 1.44 bits per heavy atom. The molecule has 0 saturated heterocycles. The van der Waals surface area contributed by atoms with Gasteiger partial charge in [0.2, 0.25) is 0 Å². The lowest BCUT2D eigenvalue weighted by Crippen LogP contribution is -2.04. The average molecular weight is 264 g/mol. The van der Waals surface area contributed by atoms with Gasteiger partial charge in [0, 0.05) is 12.1 Å². The number of hydrogen-bond donors (Lipinski definition) is 2. The maximum Gasteiger partial charge on any atom is 0.347 e. The molecule has 2 aromatic rings. The highest BCUT2D eigenvalue weighted by molar-refractivity contribution is 7.17. The van der Waals surface area contributed by atoms with Gasteiger partial charge in [-0.05, 0) is 24.3 Å². The van der Waals surface area contributed by atoms with Gasteiger partial charge < -0.3 is 15.6 Å². The Kier molecular flexibility index (Phi) is 3.59. The van der Waals surface area contributed by atoms with Crippen LogP contribution in [-0.4, -0.2) is 23.2 Å². The van der Waals surface area contributed by atoms with Gasteiger partial charge in [0.15, 0.2) is 0 Å². The zero-order valence-electron chi connectivity index (χ0n) is 9.71. The minimum atomic E-state index is -0.993. The number of nitrogens with zero attached hydrogens (tertiary/aromatic N) is 1. The number of aromatic nitrogens is 1. The summed E-state index contributed by atoms with van der Waals surface area (Å²) in [7, 11) is 1.59. The molecule has 0 aliphatic rings. The molecule has 1 heterocycles. The summed E-state index contributed by atoms with van der Waals surface area (Å²) < 4.78 is 5.06. The van der Waals surface area contributed by atoms with Crippen LogP contribution in [0.4, 0.5) is 0 Å². The zero-order valence-corrected chi connectivity index (χ0v) is 10.5. The fourth-order valence-corrected chi connectivity index (χ4v) is 2.45. The summed E-state index contributed by atoms with van der Waals surface area (Å²) >= 11 is 1.13. The van der Waals surface area contributed by atoms with Crippen LogP contribution < -0.4 is 10.5 Å². The van der Waals surface area contributed by atoms with E-state index in [1.165, 1.54) is 0 Å². The molecule has 0 saturated carbocycles. The van der Waals surface area contributed by atoms with Crippen LogP contribution in [0.3, 0.4) is 0 Å². The Morgan fingerprint density at radius 3 is 2.56 bits per heavy atom. The first kappa shape index (κ1) is 12.5. The van der Waals surface area contributed by atoms with Gasteiger partial charge >= 0.3 is 5.97 Å². The lowest BCUT2D eigenvalue weighted by atomic mass is 10.2. The van der Waals surface area contributed by atoms with Crippen molar-refractivity contribution < 1.29 is 14.6 Å². The Bertz CT molecular complexity index is 563. The summed E-state index contributed by atoms with van der Waals surface area (Å²) in [5.41, 5.74) is 6.75. The second kappa shape index (κ2) is 5.16. The maximum absolute atomic E-state index is 11.0. The first-order valence-electron chi connectivity index (χ1n) is 5.23. The molecule has 2 rings (SSSR count). The molecule has 0 amide bonds. The highest BCUT2D eigenvalue weighted by Gasteiger charge is 2.16. The van der Waals surface area contributed by atoms with Gasteiger partial charge in [-0.3, -0.25) is 0 Å². The van der Waals surface area contributed by atoms with Crippen LogP contribution in [0.25, 0.3) is 10.6 Å². The fraction of sp³-hybridized carbons (Fsp3) is 0.167. The van der Waals surface area contributed by atoms with E-state index in [0.29, 0.717) is 10.7 Å². The van der Waals surface area contributed by atoms with Crippen molar-refractivity contribution in [2.75, 3.05) is 7.11 Å². The van der Waals surface area contributed by atoms with Crippen molar-refractivity contribution in [3.8, 4) is 16.3 Å². The number of aromatic carboxylic acids is 1. The van der Waals surface area contributed by atoms with E-state index >= 15 is 0 Å². The van der Waals surface area contributed by atoms with Crippen LogP contribution in [0.1, 0.15) is 15.4 Å². The number of rotatable bonds is 4. The summed E-state index contributed by atoms with van der Waals surface area (Å²) in [4.78, 5) is 15.5. The molecule has 0 aliphatic carbocycles. The molecule has 0 aliphatic heterocycles. The third-order valence-electron chi connectivity index (χ3n) is 2.42. The number of carboxylic acid groups (broad SMARTS) is 1. The van der Waals surface area contributed by atoms with Crippen molar-refractivity contribution in [3.05, 3.63) is 34.8 Å². The molecule has 0 radical (unpaired) electrons. The van der Waals surface area contributed by atoms with Crippen molar-refractivity contribution in [1.29, 1.82) is 0 Å². The number of carboxylic acids is 1. The molecule has 0 spiro atoms. The number of nitrogens with two attached hydrogens (primary N) is 1.